The van der Waals surface area contributed by atoms with Crippen LogP contribution in [0.15, 0.2) is 53.1 Å². The highest BCUT2D eigenvalue weighted by Crippen LogP contribution is 2.30. The quantitative estimate of drug-likeness (QED) is 0.446. The summed E-state index contributed by atoms with van der Waals surface area (Å²) in [6.45, 7) is 4.41. The van der Waals surface area contributed by atoms with Crippen molar-refractivity contribution in [2.24, 2.45) is 7.05 Å². The van der Waals surface area contributed by atoms with E-state index in [9.17, 15) is 4.79 Å². The zero-order valence-corrected chi connectivity index (χ0v) is 18.3. The Bertz CT molecular complexity index is 1200. The van der Waals surface area contributed by atoms with Crippen LogP contribution < -0.4 is 9.64 Å². The van der Waals surface area contributed by atoms with Crippen LogP contribution in [0, 0.1) is 13.8 Å². The molecule has 0 aliphatic carbocycles. The van der Waals surface area contributed by atoms with E-state index in [0.29, 0.717) is 25.3 Å². The second kappa shape index (κ2) is 8.63. The summed E-state index contributed by atoms with van der Waals surface area (Å²) in [7, 11) is 3.46. The highest BCUT2D eigenvalue weighted by molar-refractivity contribution is 5.93. The van der Waals surface area contributed by atoms with Gasteiger partial charge in [-0.3, -0.25) is 4.79 Å². The van der Waals surface area contributed by atoms with Crippen molar-refractivity contribution in [3.63, 3.8) is 0 Å². The van der Waals surface area contributed by atoms with Gasteiger partial charge < -0.3 is 14.1 Å². The molecule has 0 radical (unpaired) electrons. The van der Waals surface area contributed by atoms with Crippen LogP contribution in [-0.2, 0) is 24.8 Å². The number of carbonyl (C=O) groups excluding carboxylic acids is 1. The minimum Gasteiger partial charge on any atom is -0.479 e. The lowest BCUT2D eigenvalue weighted by Gasteiger charge is -2.22. The second-order valence-corrected chi connectivity index (χ2v) is 7.53. The van der Waals surface area contributed by atoms with Gasteiger partial charge in [0.1, 0.15) is 5.76 Å². The van der Waals surface area contributed by atoms with Crippen LogP contribution in [0.25, 0.3) is 11.0 Å². The van der Waals surface area contributed by atoms with Gasteiger partial charge >= 0.3 is 0 Å². The fourth-order valence-electron chi connectivity index (χ4n) is 3.96. The second-order valence-electron chi connectivity index (χ2n) is 7.53. The van der Waals surface area contributed by atoms with Crippen molar-refractivity contribution in [3.8, 4) is 5.88 Å². The van der Waals surface area contributed by atoms with Crippen molar-refractivity contribution in [1.29, 1.82) is 0 Å². The Balaban J connectivity index is 1.61. The standard InChI is InChI=1S/C24H26N4O3/c1-16-20(17(2)25-23-22(16)24(30-4)26-27(23)3)12-13-21(29)28(15-19-11-8-14-31-19)18-9-6-5-7-10-18/h5-11,14H,12-13,15H2,1-4H3. The molecule has 1 aromatic carbocycles. The summed E-state index contributed by atoms with van der Waals surface area (Å²) >= 11 is 0. The minimum atomic E-state index is 0.0275. The molecule has 160 valence electrons. The van der Waals surface area contributed by atoms with E-state index in [2.05, 4.69) is 5.10 Å². The topological polar surface area (TPSA) is 73.4 Å². The van der Waals surface area contributed by atoms with Gasteiger partial charge in [0.25, 0.3) is 0 Å². The number of hydrogen-bond donors (Lipinski definition) is 0. The van der Waals surface area contributed by atoms with E-state index in [4.69, 9.17) is 14.1 Å². The first kappa shape index (κ1) is 20.7. The molecule has 4 aromatic rings. The van der Waals surface area contributed by atoms with Crippen molar-refractivity contribution in [2.45, 2.75) is 33.2 Å². The predicted octanol–water partition coefficient (Wildman–Crippen LogP) is 4.35. The largest absolute Gasteiger partial charge is 0.479 e. The van der Waals surface area contributed by atoms with E-state index in [1.54, 1.807) is 23.0 Å². The number of rotatable bonds is 7. The number of pyridine rings is 1. The van der Waals surface area contributed by atoms with Gasteiger partial charge in [0.2, 0.25) is 11.8 Å². The van der Waals surface area contributed by atoms with Crippen LogP contribution >= 0.6 is 0 Å². The summed E-state index contributed by atoms with van der Waals surface area (Å²) in [5.41, 5.74) is 4.64. The van der Waals surface area contributed by atoms with Crippen LogP contribution in [0.3, 0.4) is 0 Å². The molecule has 0 atom stereocenters. The minimum absolute atomic E-state index is 0.0275. The average Bonchev–Trinajstić information content (AvgIpc) is 3.40. The molecule has 0 spiro atoms. The van der Waals surface area contributed by atoms with Gasteiger partial charge in [0.05, 0.1) is 25.3 Å². The number of hydrogen-bond acceptors (Lipinski definition) is 5. The van der Waals surface area contributed by atoms with Crippen LogP contribution in [0.4, 0.5) is 5.69 Å². The molecule has 7 heteroatoms. The van der Waals surface area contributed by atoms with Crippen LogP contribution in [0.1, 0.15) is 29.0 Å². The van der Waals surface area contributed by atoms with Gasteiger partial charge in [-0.05, 0) is 55.7 Å². The first-order valence-corrected chi connectivity index (χ1v) is 10.2. The van der Waals surface area contributed by atoms with E-state index < -0.39 is 0 Å². The number of amides is 1. The van der Waals surface area contributed by atoms with Gasteiger partial charge in [0, 0.05) is 24.8 Å². The zero-order valence-electron chi connectivity index (χ0n) is 18.3. The van der Waals surface area contributed by atoms with Gasteiger partial charge in [-0.1, -0.05) is 18.2 Å². The number of carbonyl (C=O) groups is 1. The molecule has 7 nitrogen and oxygen atoms in total. The molecule has 31 heavy (non-hydrogen) atoms. The molecule has 0 aliphatic heterocycles. The number of aromatic nitrogens is 3. The monoisotopic (exact) mass is 418 g/mol. The molecule has 0 N–H and O–H groups in total. The molecule has 0 aliphatic rings. The highest BCUT2D eigenvalue weighted by atomic mass is 16.5. The van der Waals surface area contributed by atoms with E-state index in [1.807, 2.05) is 63.4 Å². The average molecular weight is 418 g/mol. The lowest BCUT2D eigenvalue weighted by atomic mass is 9.99. The lowest BCUT2D eigenvalue weighted by molar-refractivity contribution is -0.118. The van der Waals surface area contributed by atoms with Crippen LogP contribution in [-0.4, -0.2) is 27.8 Å². The third-order valence-electron chi connectivity index (χ3n) is 5.57. The van der Waals surface area contributed by atoms with Crippen LogP contribution in [0.2, 0.25) is 0 Å². The molecule has 0 saturated heterocycles. The summed E-state index contributed by atoms with van der Waals surface area (Å²) in [4.78, 5) is 19.8. The van der Waals surface area contributed by atoms with E-state index in [-0.39, 0.29) is 5.91 Å². The summed E-state index contributed by atoms with van der Waals surface area (Å²) in [6, 6.07) is 13.4. The van der Waals surface area contributed by atoms with Crippen molar-refractivity contribution in [3.05, 3.63) is 71.3 Å². The number of nitrogens with zero attached hydrogens (tertiary/aromatic N) is 4. The molecular formula is C24H26N4O3. The Hall–Kier alpha value is -3.61. The lowest BCUT2D eigenvalue weighted by Crippen LogP contribution is -2.30. The van der Waals surface area contributed by atoms with Gasteiger partial charge in [0.15, 0.2) is 5.65 Å². The molecule has 3 aromatic heterocycles. The maximum Gasteiger partial charge on any atom is 0.242 e. The number of aryl methyl sites for hydroxylation is 3. The maximum absolute atomic E-state index is 13.3. The van der Waals surface area contributed by atoms with Gasteiger partial charge in [-0.15, -0.1) is 5.10 Å². The number of para-hydroxylation sites is 1. The van der Waals surface area contributed by atoms with E-state index >= 15 is 0 Å². The van der Waals surface area contributed by atoms with Gasteiger partial charge in [-0.25, -0.2) is 9.67 Å². The van der Waals surface area contributed by atoms with Crippen molar-refractivity contribution < 1.29 is 13.9 Å². The normalized spacial score (nSPS) is 11.1. The molecule has 0 bridgehead atoms. The Morgan fingerprint density at radius 2 is 1.94 bits per heavy atom. The van der Waals surface area contributed by atoms with Crippen molar-refractivity contribution in [1.82, 2.24) is 14.8 Å². The number of fused-ring (bicyclic) bond motifs is 1. The van der Waals surface area contributed by atoms with Crippen molar-refractivity contribution in [2.75, 3.05) is 12.0 Å². The Morgan fingerprint density at radius 3 is 2.61 bits per heavy atom. The SMILES string of the molecule is COc1nn(C)c2nc(C)c(CCC(=O)N(Cc3ccco3)c3ccccc3)c(C)c12. The summed E-state index contributed by atoms with van der Waals surface area (Å²) in [6.07, 6.45) is 2.56. The Morgan fingerprint density at radius 1 is 1.16 bits per heavy atom. The van der Waals surface area contributed by atoms with E-state index in [0.717, 1.165) is 39.3 Å². The first-order chi connectivity index (χ1) is 15.0. The Kier molecular flexibility index (Phi) is 5.75. The first-order valence-electron chi connectivity index (χ1n) is 10.2. The number of furan rings is 1. The van der Waals surface area contributed by atoms with Gasteiger partial charge in [-0.2, -0.15) is 0 Å². The summed E-state index contributed by atoms with van der Waals surface area (Å²) in [5, 5.41) is 5.30. The molecule has 0 saturated carbocycles. The number of methoxy groups -OCH3 is 1. The van der Waals surface area contributed by atoms with Crippen molar-refractivity contribution >= 4 is 22.6 Å². The number of benzene rings is 1. The van der Waals surface area contributed by atoms with E-state index in [1.165, 1.54) is 0 Å². The fourth-order valence-corrected chi connectivity index (χ4v) is 3.96. The number of anilines is 1. The zero-order chi connectivity index (χ0) is 22.0. The predicted molar refractivity (Wildman–Crippen MR) is 119 cm³/mol. The fraction of sp³-hybridized carbons (Fsp3) is 0.292. The summed E-state index contributed by atoms with van der Waals surface area (Å²) < 4.78 is 12.7. The molecule has 3 heterocycles. The molecule has 0 fully saturated rings. The smallest absolute Gasteiger partial charge is 0.242 e. The number of ether oxygens (including phenoxy) is 1. The Labute approximate surface area is 181 Å². The molecular weight excluding hydrogens is 392 g/mol. The molecule has 1 amide bonds. The molecule has 4 rings (SSSR count). The molecule has 0 unspecified atom stereocenters. The third kappa shape index (κ3) is 4.03. The highest BCUT2D eigenvalue weighted by Gasteiger charge is 2.21. The third-order valence-corrected chi connectivity index (χ3v) is 5.57. The summed E-state index contributed by atoms with van der Waals surface area (Å²) in [5.74, 6) is 1.33. The maximum atomic E-state index is 13.3. The van der Waals surface area contributed by atoms with Crippen LogP contribution in [0.5, 0.6) is 5.88 Å².